The van der Waals surface area contributed by atoms with Crippen LogP contribution in [0.4, 0.5) is 4.39 Å². The number of carbonyl (C=O) groups is 2. The summed E-state index contributed by atoms with van der Waals surface area (Å²) in [7, 11) is 0. The van der Waals surface area contributed by atoms with Gasteiger partial charge in [-0.05, 0) is 44.2 Å². The van der Waals surface area contributed by atoms with E-state index < -0.39 is 23.7 Å². The molecule has 3 rings (SSSR count). The number of aryl methyl sites for hydroxylation is 1. The predicted octanol–water partition coefficient (Wildman–Crippen LogP) is 2.40. The summed E-state index contributed by atoms with van der Waals surface area (Å²) in [6.45, 7) is 3.48. The lowest BCUT2D eigenvalue weighted by Crippen LogP contribution is -2.40. The van der Waals surface area contributed by atoms with E-state index in [2.05, 4.69) is 10.4 Å². The van der Waals surface area contributed by atoms with E-state index in [0.717, 1.165) is 23.2 Å². The maximum atomic E-state index is 14.3. The minimum Gasteiger partial charge on any atom is -0.480 e. The fourth-order valence-electron chi connectivity index (χ4n) is 3.26. The molecule has 0 spiro atoms. The van der Waals surface area contributed by atoms with Crippen LogP contribution >= 0.6 is 0 Å². The smallest absolute Gasteiger partial charge is 0.326 e. The molecule has 1 heterocycles. The van der Waals surface area contributed by atoms with Crippen LogP contribution in [0.25, 0.3) is 5.69 Å². The molecule has 0 saturated heterocycles. The monoisotopic (exact) mass is 345 g/mol. The van der Waals surface area contributed by atoms with E-state index in [1.165, 1.54) is 10.7 Å². The van der Waals surface area contributed by atoms with Crippen molar-refractivity contribution < 1.29 is 19.1 Å². The molecular formula is C18H20FN3O3. The highest BCUT2D eigenvalue weighted by Gasteiger charge is 2.30. The van der Waals surface area contributed by atoms with Crippen molar-refractivity contribution in [3.05, 3.63) is 46.5 Å². The van der Waals surface area contributed by atoms with Crippen molar-refractivity contribution in [3.8, 4) is 5.69 Å². The molecule has 1 amide bonds. The molecule has 1 aromatic carbocycles. The Labute approximate surface area is 144 Å². The minimum absolute atomic E-state index is 0.190. The number of carbonyl (C=O) groups excluding carboxylic acids is 1. The van der Waals surface area contributed by atoms with Gasteiger partial charge in [0.15, 0.2) is 5.69 Å². The van der Waals surface area contributed by atoms with E-state index >= 15 is 0 Å². The molecule has 0 saturated carbocycles. The molecule has 0 bridgehead atoms. The Hall–Kier alpha value is -2.70. The summed E-state index contributed by atoms with van der Waals surface area (Å²) in [6.07, 6.45) is 2.52. The molecule has 0 aliphatic heterocycles. The van der Waals surface area contributed by atoms with Gasteiger partial charge in [0, 0.05) is 11.3 Å². The zero-order chi connectivity index (χ0) is 18.1. The number of nitrogens with one attached hydrogen (secondary N) is 1. The van der Waals surface area contributed by atoms with Crippen LogP contribution in [-0.4, -0.2) is 32.8 Å². The summed E-state index contributed by atoms with van der Waals surface area (Å²) < 4.78 is 15.9. The predicted molar refractivity (Wildman–Crippen MR) is 89.5 cm³/mol. The molecule has 7 heteroatoms. The number of rotatable bonds is 5. The second-order valence-electron chi connectivity index (χ2n) is 6.22. The third-order valence-electron chi connectivity index (χ3n) is 4.56. The van der Waals surface area contributed by atoms with Gasteiger partial charge < -0.3 is 10.4 Å². The Bertz CT molecular complexity index is 824. The fraction of sp³-hybridized carbons (Fsp3) is 0.389. The number of nitrogens with zero attached hydrogens (tertiary/aromatic N) is 2. The third-order valence-corrected chi connectivity index (χ3v) is 4.56. The van der Waals surface area contributed by atoms with Gasteiger partial charge in [0.05, 0.1) is 0 Å². The summed E-state index contributed by atoms with van der Waals surface area (Å²) in [5, 5.41) is 16.0. The van der Waals surface area contributed by atoms with Gasteiger partial charge >= 0.3 is 5.97 Å². The standard InChI is InChI=1S/C18H20FN3O3/c1-3-13(18(24)25)20-17(23)15-11-7-5-9-14(11)22(21-15)16-10(2)6-4-8-12(16)19/h4,6,8,13H,3,5,7,9H2,1-2H3,(H,20,23)(H,24,25). The maximum Gasteiger partial charge on any atom is 0.326 e. The fourth-order valence-corrected chi connectivity index (χ4v) is 3.26. The summed E-state index contributed by atoms with van der Waals surface area (Å²) in [6, 6.07) is 3.82. The number of benzene rings is 1. The van der Waals surface area contributed by atoms with E-state index in [0.29, 0.717) is 18.5 Å². The van der Waals surface area contributed by atoms with Crippen LogP contribution in [-0.2, 0) is 17.6 Å². The highest BCUT2D eigenvalue weighted by molar-refractivity contribution is 5.96. The molecule has 2 aromatic rings. The van der Waals surface area contributed by atoms with Gasteiger partial charge in [-0.2, -0.15) is 5.10 Å². The first-order valence-corrected chi connectivity index (χ1v) is 8.34. The van der Waals surface area contributed by atoms with Crippen molar-refractivity contribution >= 4 is 11.9 Å². The summed E-state index contributed by atoms with van der Waals surface area (Å²) in [5.41, 5.74) is 2.85. The van der Waals surface area contributed by atoms with E-state index in [1.807, 2.05) is 0 Å². The topological polar surface area (TPSA) is 84.2 Å². The molecule has 0 radical (unpaired) electrons. The first-order chi connectivity index (χ1) is 11.9. The van der Waals surface area contributed by atoms with Crippen LogP contribution in [0, 0.1) is 12.7 Å². The Balaban J connectivity index is 2.04. The van der Waals surface area contributed by atoms with Crippen molar-refractivity contribution in [2.75, 3.05) is 0 Å². The Kier molecular flexibility index (Phi) is 4.57. The molecule has 1 atom stereocenters. The zero-order valence-corrected chi connectivity index (χ0v) is 14.2. The number of halogens is 1. The van der Waals surface area contributed by atoms with Crippen LogP contribution in [0.15, 0.2) is 18.2 Å². The van der Waals surface area contributed by atoms with E-state index in [-0.39, 0.29) is 12.1 Å². The minimum atomic E-state index is -1.09. The second kappa shape index (κ2) is 6.66. The van der Waals surface area contributed by atoms with Crippen molar-refractivity contribution in [1.82, 2.24) is 15.1 Å². The molecule has 25 heavy (non-hydrogen) atoms. The molecule has 132 valence electrons. The van der Waals surface area contributed by atoms with Crippen molar-refractivity contribution in [2.24, 2.45) is 0 Å². The van der Waals surface area contributed by atoms with Gasteiger partial charge in [0.25, 0.3) is 5.91 Å². The van der Waals surface area contributed by atoms with Crippen molar-refractivity contribution in [1.29, 1.82) is 0 Å². The number of aromatic nitrogens is 2. The molecular weight excluding hydrogens is 325 g/mol. The van der Waals surface area contributed by atoms with Crippen LogP contribution < -0.4 is 5.32 Å². The molecule has 1 aromatic heterocycles. The van der Waals surface area contributed by atoms with Gasteiger partial charge in [-0.1, -0.05) is 19.1 Å². The molecule has 1 aliphatic rings. The number of carboxylic acid groups (broad SMARTS) is 1. The lowest BCUT2D eigenvalue weighted by atomic mass is 10.1. The first kappa shape index (κ1) is 17.1. The number of fused-ring (bicyclic) bond motifs is 1. The van der Waals surface area contributed by atoms with Crippen LogP contribution in [0.1, 0.15) is 47.1 Å². The van der Waals surface area contributed by atoms with E-state index in [1.54, 1.807) is 26.0 Å². The summed E-state index contributed by atoms with van der Waals surface area (Å²) in [5.74, 6) is -2.02. The van der Waals surface area contributed by atoms with Gasteiger partial charge in [-0.25, -0.2) is 13.9 Å². The summed E-state index contributed by atoms with van der Waals surface area (Å²) >= 11 is 0. The summed E-state index contributed by atoms with van der Waals surface area (Å²) in [4.78, 5) is 23.7. The van der Waals surface area contributed by atoms with Gasteiger partial charge in [0.2, 0.25) is 0 Å². The van der Waals surface area contributed by atoms with Crippen molar-refractivity contribution in [3.63, 3.8) is 0 Å². The highest BCUT2D eigenvalue weighted by Crippen LogP contribution is 2.30. The van der Waals surface area contributed by atoms with Gasteiger partial charge in [-0.15, -0.1) is 0 Å². The molecule has 6 nitrogen and oxygen atoms in total. The van der Waals surface area contributed by atoms with Crippen molar-refractivity contribution in [2.45, 2.75) is 45.6 Å². The second-order valence-corrected chi connectivity index (χ2v) is 6.22. The van der Waals surface area contributed by atoms with Crippen LogP contribution in [0.5, 0.6) is 0 Å². The average molecular weight is 345 g/mol. The largest absolute Gasteiger partial charge is 0.480 e. The number of amides is 1. The quantitative estimate of drug-likeness (QED) is 0.871. The number of carboxylic acids is 1. The number of aliphatic carboxylic acids is 1. The highest BCUT2D eigenvalue weighted by atomic mass is 19.1. The lowest BCUT2D eigenvalue weighted by Gasteiger charge is -2.12. The molecule has 0 fully saturated rings. The lowest BCUT2D eigenvalue weighted by molar-refractivity contribution is -0.139. The van der Waals surface area contributed by atoms with E-state index in [9.17, 15) is 14.0 Å². The van der Waals surface area contributed by atoms with Crippen LogP contribution in [0.2, 0.25) is 0 Å². The number of para-hydroxylation sites is 1. The zero-order valence-electron chi connectivity index (χ0n) is 14.2. The third kappa shape index (κ3) is 3.01. The average Bonchev–Trinajstić information content (AvgIpc) is 3.15. The van der Waals surface area contributed by atoms with Crippen LogP contribution in [0.3, 0.4) is 0 Å². The molecule has 1 unspecified atom stereocenters. The normalized spacial score (nSPS) is 14.2. The molecule has 1 aliphatic carbocycles. The van der Waals surface area contributed by atoms with Gasteiger partial charge in [-0.3, -0.25) is 4.79 Å². The molecule has 2 N–H and O–H groups in total. The van der Waals surface area contributed by atoms with Gasteiger partial charge in [0.1, 0.15) is 17.5 Å². The Morgan fingerprint density at radius 3 is 2.80 bits per heavy atom. The SMILES string of the molecule is CCC(NC(=O)c1nn(-c2c(C)cccc2F)c2c1CCC2)C(=O)O. The number of hydrogen-bond donors (Lipinski definition) is 2. The Morgan fingerprint density at radius 2 is 2.16 bits per heavy atom. The first-order valence-electron chi connectivity index (χ1n) is 8.34. The van der Waals surface area contributed by atoms with E-state index in [4.69, 9.17) is 5.11 Å². The maximum absolute atomic E-state index is 14.3. The number of hydrogen-bond acceptors (Lipinski definition) is 3. The Morgan fingerprint density at radius 1 is 1.40 bits per heavy atom.